The largest absolute Gasteiger partial charge is 0.368 e. The highest BCUT2D eigenvalue weighted by Crippen LogP contribution is 2.32. The molecule has 0 bridgehead atoms. The Bertz CT molecular complexity index is 1200. The first-order valence-electron chi connectivity index (χ1n) is 10.7. The number of amides is 1. The SMILES string of the molecule is CC(C)C(CNc1ccc(Cl)cn1)N(C)C(=O)c1c(-c2ccccc2)[nH]c2ccccc12. The first-order valence-corrected chi connectivity index (χ1v) is 11.1. The zero-order valence-electron chi connectivity index (χ0n) is 18.5. The van der Waals surface area contributed by atoms with Crippen molar-refractivity contribution in [2.75, 3.05) is 18.9 Å². The van der Waals surface area contributed by atoms with Crippen molar-refractivity contribution in [2.24, 2.45) is 5.92 Å². The van der Waals surface area contributed by atoms with Crippen LogP contribution in [-0.4, -0.2) is 40.4 Å². The van der Waals surface area contributed by atoms with Gasteiger partial charge in [0.1, 0.15) is 5.82 Å². The van der Waals surface area contributed by atoms with Crippen molar-refractivity contribution in [3.63, 3.8) is 0 Å². The number of carbonyl (C=O) groups excluding carboxylic acids is 1. The number of aromatic amines is 1. The van der Waals surface area contributed by atoms with Gasteiger partial charge in [0, 0.05) is 30.7 Å². The van der Waals surface area contributed by atoms with Crippen molar-refractivity contribution < 1.29 is 4.79 Å². The Balaban J connectivity index is 1.66. The lowest BCUT2D eigenvalue weighted by atomic mass is 9.99. The highest BCUT2D eigenvalue weighted by atomic mass is 35.5. The fraction of sp³-hybridized carbons (Fsp3) is 0.231. The van der Waals surface area contributed by atoms with Gasteiger partial charge in [0.2, 0.25) is 0 Å². The van der Waals surface area contributed by atoms with E-state index in [1.807, 2.05) is 72.6 Å². The van der Waals surface area contributed by atoms with Crippen molar-refractivity contribution in [2.45, 2.75) is 19.9 Å². The van der Waals surface area contributed by atoms with Crippen LogP contribution < -0.4 is 5.32 Å². The molecule has 0 aliphatic rings. The molecule has 1 amide bonds. The smallest absolute Gasteiger partial charge is 0.256 e. The Labute approximate surface area is 193 Å². The lowest BCUT2D eigenvalue weighted by molar-refractivity contribution is 0.0704. The number of hydrogen-bond donors (Lipinski definition) is 2. The Kier molecular flexibility index (Phi) is 6.47. The molecule has 4 rings (SSSR count). The minimum atomic E-state index is -0.0303. The average molecular weight is 447 g/mol. The summed E-state index contributed by atoms with van der Waals surface area (Å²) in [5, 5.41) is 4.87. The summed E-state index contributed by atoms with van der Waals surface area (Å²) in [4.78, 5) is 23.5. The maximum absolute atomic E-state index is 13.9. The van der Waals surface area contributed by atoms with Crippen LogP contribution in [0.25, 0.3) is 22.2 Å². The highest BCUT2D eigenvalue weighted by Gasteiger charge is 2.28. The van der Waals surface area contributed by atoms with E-state index in [4.69, 9.17) is 11.6 Å². The van der Waals surface area contributed by atoms with Gasteiger partial charge in [0.25, 0.3) is 5.91 Å². The topological polar surface area (TPSA) is 61.0 Å². The average Bonchev–Trinajstić information content (AvgIpc) is 3.20. The van der Waals surface area contributed by atoms with E-state index in [0.29, 0.717) is 17.1 Å². The lowest BCUT2D eigenvalue weighted by Crippen LogP contribution is -2.44. The molecule has 6 heteroatoms. The number of nitrogens with zero attached hydrogens (tertiary/aromatic N) is 2. The van der Waals surface area contributed by atoms with E-state index < -0.39 is 0 Å². The molecule has 1 atom stereocenters. The predicted octanol–water partition coefficient (Wildman–Crippen LogP) is 6.09. The van der Waals surface area contributed by atoms with Crippen LogP contribution in [-0.2, 0) is 0 Å². The molecule has 32 heavy (non-hydrogen) atoms. The van der Waals surface area contributed by atoms with Crippen LogP contribution in [0.5, 0.6) is 0 Å². The molecule has 2 aromatic heterocycles. The summed E-state index contributed by atoms with van der Waals surface area (Å²) in [5.74, 6) is 0.970. The quantitative estimate of drug-likeness (QED) is 0.361. The molecule has 0 saturated heterocycles. The van der Waals surface area contributed by atoms with E-state index in [0.717, 1.165) is 28.0 Å². The van der Waals surface area contributed by atoms with Crippen LogP contribution in [0.15, 0.2) is 72.9 Å². The number of H-pyrrole nitrogens is 1. The number of fused-ring (bicyclic) bond motifs is 1. The van der Waals surface area contributed by atoms with Gasteiger partial charge in [-0.05, 0) is 29.7 Å². The van der Waals surface area contributed by atoms with Crippen molar-refractivity contribution >= 4 is 34.2 Å². The number of halogens is 1. The summed E-state index contributed by atoms with van der Waals surface area (Å²) in [6, 6.07) is 21.6. The number of rotatable bonds is 7. The zero-order valence-corrected chi connectivity index (χ0v) is 19.2. The Morgan fingerprint density at radius 1 is 1.06 bits per heavy atom. The van der Waals surface area contributed by atoms with Gasteiger partial charge < -0.3 is 15.2 Å². The minimum Gasteiger partial charge on any atom is -0.368 e. The number of benzene rings is 2. The van der Waals surface area contributed by atoms with Crippen LogP contribution in [0.2, 0.25) is 5.02 Å². The third-order valence-corrected chi connectivity index (χ3v) is 6.01. The number of pyridine rings is 1. The number of hydrogen-bond acceptors (Lipinski definition) is 3. The molecule has 2 heterocycles. The normalized spacial score (nSPS) is 12.2. The van der Waals surface area contributed by atoms with E-state index in [1.54, 1.807) is 12.3 Å². The maximum atomic E-state index is 13.9. The summed E-state index contributed by atoms with van der Waals surface area (Å²) in [6.45, 7) is 4.83. The Morgan fingerprint density at radius 3 is 2.47 bits per heavy atom. The highest BCUT2D eigenvalue weighted by molar-refractivity contribution is 6.30. The van der Waals surface area contributed by atoms with E-state index >= 15 is 0 Å². The molecule has 0 spiro atoms. The van der Waals surface area contributed by atoms with Crippen molar-refractivity contribution in [1.29, 1.82) is 0 Å². The molecule has 0 fully saturated rings. The molecule has 0 saturated carbocycles. The number of carbonyl (C=O) groups is 1. The van der Waals surface area contributed by atoms with Crippen LogP contribution in [0, 0.1) is 5.92 Å². The number of anilines is 1. The molecule has 0 aliphatic heterocycles. The fourth-order valence-electron chi connectivity index (χ4n) is 4.02. The summed E-state index contributed by atoms with van der Waals surface area (Å²) >= 11 is 5.94. The van der Waals surface area contributed by atoms with Crippen molar-refractivity contribution in [1.82, 2.24) is 14.9 Å². The van der Waals surface area contributed by atoms with Gasteiger partial charge in [0.05, 0.1) is 22.3 Å². The molecular formula is C26H27ClN4O. The summed E-state index contributed by atoms with van der Waals surface area (Å²) in [6.07, 6.45) is 1.61. The predicted molar refractivity (Wildman–Crippen MR) is 132 cm³/mol. The van der Waals surface area contributed by atoms with E-state index in [2.05, 4.69) is 29.1 Å². The van der Waals surface area contributed by atoms with Gasteiger partial charge in [-0.1, -0.05) is 74.0 Å². The molecule has 5 nitrogen and oxygen atoms in total. The number of nitrogens with one attached hydrogen (secondary N) is 2. The molecule has 1 unspecified atom stereocenters. The maximum Gasteiger partial charge on any atom is 0.256 e. The van der Waals surface area contributed by atoms with E-state index in [9.17, 15) is 4.79 Å². The monoisotopic (exact) mass is 446 g/mol. The van der Waals surface area contributed by atoms with Crippen LogP contribution in [0.4, 0.5) is 5.82 Å². The Hall–Kier alpha value is -3.31. The zero-order chi connectivity index (χ0) is 22.7. The molecule has 0 aliphatic carbocycles. The molecule has 2 N–H and O–H groups in total. The second kappa shape index (κ2) is 9.45. The third-order valence-electron chi connectivity index (χ3n) is 5.79. The van der Waals surface area contributed by atoms with E-state index in [-0.39, 0.29) is 17.9 Å². The lowest BCUT2D eigenvalue weighted by Gasteiger charge is -2.32. The van der Waals surface area contributed by atoms with Gasteiger partial charge >= 0.3 is 0 Å². The molecular weight excluding hydrogens is 420 g/mol. The van der Waals surface area contributed by atoms with E-state index in [1.165, 1.54) is 0 Å². The molecule has 4 aromatic rings. The van der Waals surface area contributed by atoms with Crippen molar-refractivity contribution in [3.05, 3.63) is 83.5 Å². The first kappa shape index (κ1) is 21.9. The minimum absolute atomic E-state index is 0.00846. The van der Waals surface area contributed by atoms with Gasteiger partial charge in [-0.15, -0.1) is 0 Å². The standard InChI is InChI=1S/C26H27ClN4O/c1-17(2)22(16-29-23-14-13-19(27)15-28-23)31(3)26(32)24-20-11-7-8-12-21(20)30-25(24)18-9-5-4-6-10-18/h4-15,17,22,30H,16H2,1-3H3,(H,28,29). The van der Waals surface area contributed by atoms with Gasteiger partial charge in [-0.3, -0.25) is 4.79 Å². The Morgan fingerprint density at radius 2 is 1.78 bits per heavy atom. The first-order chi connectivity index (χ1) is 15.5. The van der Waals surface area contributed by atoms with Crippen LogP contribution in [0.3, 0.4) is 0 Å². The fourth-order valence-corrected chi connectivity index (χ4v) is 4.13. The summed E-state index contributed by atoms with van der Waals surface area (Å²) < 4.78 is 0. The summed E-state index contributed by atoms with van der Waals surface area (Å²) in [7, 11) is 1.88. The van der Waals surface area contributed by atoms with Crippen LogP contribution in [0.1, 0.15) is 24.2 Å². The van der Waals surface area contributed by atoms with Gasteiger partial charge in [0.15, 0.2) is 0 Å². The number of likely N-dealkylation sites (N-methyl/N-ethyl adjacent to an activating group) is 1. The molecule has 164 valence electrons. The van der Waals surface area contributed by atoms with Gasteiger partial charge in [-0.25, -0.2) is 4.98 Å². The number of aromatic nitrogens is 2. The van der Waals surface area contributed by atoms with Crippen LogP contribution >= 0.6 is 11.6 Å². The number of para-hydroxylation sites is 1. The molecule has 2 aromatic carbocycles. The van der Waals surface area contributed by atoms with Crippen molar-refractivity contribution in [3.8, 4) is 11.3 Å². The molecule has 0 radical (unpaired) electrons. The second-order valence-corrected chi connectivity index (χ2v) is 8.69. The second-order valence-electron chi connectivity index (χ2n) is 8.26. The summed E-state index contributed by atoms with van der Waals surface area (Å²) in [5.41, 5.74) is 3.49. The third kappa shape index (κ3) is 4.48. The van der Waals surface area contributed by atoms with Gasteiger partial charge in [-0.2, -0.15) is 0 Å².